The number of sulfonamides is 1. The Labute approximate surface area is 165 Å². The van der Waals surface area contributed by atoms with Gasteiger partial charge in [-0.15, -0.1) is 0 Å². The number of rotatable bonds is 9. The smallest absolute Gasteiger partial charge is 0.407 e. The molecule has 1 aliphatic rings. The van der Waals surface area contributed by atoms with Crippen molar-refractivity contribution < 1.29 is 27.5 Å². The third-order valence-corrected chi connectivity index (χ3v) is 6.03. The van der Waals surface area contributed by atoms with Crippen molar-refractivity contribution in [1.29, 1.82) is 0 Å². The predicted octanol–water partition coefficient (Wildman–Crippen LogP) is 1.94. The van der Waals surface area contributed by atoms with Crippen molar-refractivity contribution in [3.8, 4) is 5.75 Å². The van der Waals surface area contributed by atoms with Gasteiger partial charge in [-0.05, 0) is 44.9 Å². The Kier molecular flexibility index (Phi) is 8.06. The quantitative estimate of drug-likeness (QED) is 0.640. The van der Waals surface area contributed by atoms with E-state index in [1.807, 2.05) is 0 Å². The lowest BCUT2D eigenvalue weighted by atomic mass is 10.3. The standard InChI is InChI=1S/C18H27N3O6S/c1-3-26-15-8-7-14(20-17(22)9-10-19-18(23)27-4-2)13-16(15)28(24,25)21-11-5-6-12-21/h7-8,13H,3-6,9-12H2,1-2H3,(H,19,23)(H,20,22). The lowest BCUT2D eigenvalue weighted by Crippen LogP contribution is -2.29. The number of anilines is 1. The van der Waals surface area contributed by atoms with E-state index in [1.54, 1.807) is 26.0 Å². The highest BCUT2D eigenvalue weighted by molar-refractivity contribution is 7.89. The minimum atomic E-state index is -3.70. The van der Waals surface area contributed by atoms with Crippen LogP contribution in [0.2, 0.25) is 0 Å². The van der Waals surface area contributed by atoms with Gasteiger partial charge in [-0.2, -0.15) is 4.31 Å². The van der Waals surface area contributed by atoms with Gasteiger partial charge >= 0.3 is 6.09 Å². The monoisotopic (exact) mass is 413 g/mol. The van der Waals surface area contributed by atoms with Gasteiger partial charge in [0.05, 0.1) is 13.2 Å². The summed E-state index contributed by atoms with van der Waals surface area (Å²) in [5.74, 6) is -0.0955. The molecule has 1 aromatic carbocycles. The van der Waals surface area contributed by atoms with E-state index in [0.29, 0.717) is 25.4 Å². The molecule has 2 N–H and O–H groups in total. The molecule has 0 bridgehead atoms. The summed E-state index contributed by atoms with van der Waals surface area (Å²) in [5, 5.41) is 5.10. The number of hydrogen-bond acceptors (Lipinski definition) is 6. The highest BCUT2D eigenvalue weighted by atomic mass is 32.2. The summed E-state index contributed by atoms with van der Waals surface area (Å²) >= 11 is 0. The van der Waals surface area contributed by atoms with Crippen molar-refractivity contribution in [3.63, 3.8) is 0 Å². The number of benzene rings is 1. The van der Waals surface area contributed by atoms with Crippen LogP contribution in [-0.4, -0.2) is 57.6 Å². The van der Waals surface area contributed by atoms with Gasteiger partial charge in [0.1, 0.15) is 10.6 Å². The Morgan fingerprint density at radius 3 is 2.50 bits per heavy atom. The van der Waals surface area contributed by atoms with Gasteiger partial charge in [-0.25, -0.2) is 13.2 Å². The number of hydrogen-bond donors (Lipinski definition) is 2. The van der Waals surface area contributed by atoms with E-state index in [0.717, 1.165) is 12.8 Å². The molecule has 2 rings (SSSR count). The topological polar surface area (TPSA) is 114 Å². The first kappa shape index (κ1) is 22.0. The average Bonchev–Trinajstić information content (AvgIpc) is 3.19. The molecule has 10 heteroatoms. The van der Waals surface area contributed by atoms with Crippen LogP contribution in [0.1, 0.15) is 33.1 Å². The Morgan fingerprint density at radius 2 is 1.86 bits per heavy atom. The van der Waals surface area contributed by atoms with E-state index in [1.165, 1.54) is 10.4 Å². The molecule has 0 unspecified atom stereocenters. The van der Waals surface area contributed by atoms with Crippen molar-refractivity contribution >= 4 is 27.7 Å². The fourth-order valence-electron chi connectivity index (χ4n) is 2.81. The molecule has 2 amide bonds. The lowest BCUT2D eigenvalue weighted by Gasteiger charge is -2.19. The summed E-state index contributed by atoms with van der Waals surface area (Å²) in [6, 6.07) is 4.54. The van der Waals surface area contributed by atoms with Crippen LogP contribution in [0, 0.1) is 0 Å². The molecule has 0 saturated carbocycles. The van der Waals surface area contributed by atoms with Gasteiger partial charge in [0.15, 0.2) is 0 Å². The molecule has 0 atom stereocenters. The van der Waals surface area contributed by atoms with Gasteiger partial charge in [0, 0.05) is 31.7 Å². The molecule has 1 saturated heterocycles. The van der Waals surface area contributed by atoms with E-state index >= 15 is 0 Å². The van der Waals surface area contributed by atoms with Crippen LogP contribution in [0.5, 0.6) is 5.75 Å². The van der Waals surface area contributed by atoms with E-state index in [9.17, 15) is 18.0 Å². The summed E-state index contributed by atoms with van der Waals surface area (Å²) in [7, 11) is -3.70. The molecule has 1 aromatic rings. The van der Waals surface area contributed by atoms with Crippen LogP contribution in [-0.2, 0) is 19.6 Å². The number of carbonyl (C=O) groups excluding carboxylic acids is 2. The van der Waals surface area contributed by atoms with Gasteiger partial charge < -0.3 is 20.1 Å². The average molecular weight is 413 g/mol. The number of nitrogens with zero attached hydrogens (tertiary/aromatic N) is 1. The van der Waals surface area contributed by atoms with Crippen molar-refractivity contribution in [2.24, 2.45) is 0 Å². The summed E-state index contributed by atoms with van der Waals surface area (Å²) in [6.07, 6.45) is 1.09. The first-order valence-corrected chi connectivity index (χ1v) is 10.8. The maximum Gasteiger partial charge on any atom is 0.407 e. The Morgan fingerprint density at radius 1 is 1.14 bits per heavy atom. The SMILES string of the molecule is CCOC(=O)NCCC(=O)Nc1ccc(OCC)c(S(=O)(=O)N2CCCC2)c1. The summed E-state index contributed by atoms with van der Waals surface area (Å²) in [5.41, 5.74) is 0.349. The van der Waals surface area contributed by atoms with Crippen molar-refractivity contribution in [2.45, 2.75) is 38.0 Å². The van der Waals surface area contributed by atoms with Crippen molar-refractivity contribution in [1.82, 2.24) is 9.62 Å². The zero-order valence-electron chi connectivity index (χ0n) is 16.2. The third-order valence-electron chi connectivity index (χ3n) is 4.11. The fraction of sp³-hybridized carbons (Fsp3) is 0.556. The van der Waals surface area contributed by atoms with E-state index in [-0.39, 0.29) is 36.1 Å². The molecule has 1 heterocycles. The molecule has 28 heavy (non-hydrogen) atoms. The third kappa shape index (κ3) is 5.83. The van der Waals surface area contributed by atoms with Crippen LogP contribution < -0.4 is 15.4 Å². The lowest BCUT2D eigenvalue weighted by molar-refractivity contribution is -0.116. The molecule has 1 aliphatic heterocycles. The molecular formula is C18H27N3O6S. The molecule has 1 fully saturated rings. The van der Waals surface area contributed by atoms with E-state index < -0.39 is 16.1 Å². The van der Waals surface area contributed by atoms with Gasteiger partial charge in [0.2, 0.25) is 15.9 Å². The summed E-state index contributed by atoms with van der Waals surface area (Å²) < 4.78 is 37.5. The van der Waals surface area contributed by atoms with E-state index in [4.69, 9.17) is 9.47 Å². The second kappa shape index (κ2) is 10.3. The summed E-state index contributed by atoms with van der Waals surface area (Å²) in [6.45, 7) is 5.10. The minimum absolute atomic E-state index is 0.0280. The fourth-order valence-corrected chi connectivity index (χ4v) is 4.49. The minimum Gasteiger partial charge on any atom is -0.492 e. The first-order valence-electron chi connectivity index (χ1n) is 9.36. The van der Waals surface area contributed by atoms with Gasteiger partial charge in [-0.3, -0.25) is 4.79 Å². The molecule has 156 valence electrons. The number of carbonyl (C=O) groups is 2. The van der Waals surface area contributed by atoms with Gasteiger partial charge in [-0.1, -0.05) is 0 Å². The van der Waals surface area contributed by atoms with Crippen LogP contribution in [0.4, 0.5) is 10.5 Å². The number of nitrogens with one attached hydrogen (secondary N) is 2. The van der Waals surface area contributed by atoms with Crippen molar-refractivity contribution in [3.05, 3.63) is 18.2 Å². The highest BCUT2D eigenvalue weighted by Gasteiger charge is 2.30. The first-order chi connectivity index (χ1) is 13.4. The van der Waals surface area contributed by atoms with Crippen LogP contribution >= 0.6 is 0 Å². The largest absolute Gasteiger partial charge is 0.492 e. The maximum absolute atomic E-state index is 12.9. The zero-order valence-corrected chi connectivity index (χ0v) is 17.0. The Hall–Kier alpha value is -2.33. The van der Waals surface area contributed by atoms with Crippen molar-refractivity contribution in [2.75, 3.05) is 38.2 Å². The predicted molar refractivity (Wildman–Crippen MR) is 104 cm³/mol. The Bertz CT molecular complexity index is 791. The number of ether oxygens (including phenoxy) is 2. The van der Waals surface area contributed by atoms with Crippen LogP contribution in [0.3, 0.4) is 0 Å². The normalized spacial score (nSPS) is 14.5. The zero-order chi connectivity index (χ0) is 20.6. The molecule has 9 nitrogen and oxygen atoms in total. The van der Waals surface area contributed by atoms with Crippen LogP contribution in [0.25, 0.3) is 0 Å². The molecular weight excluding hydrogens is 386 g/mol. The number of alkyl carbamates (subject to hydrolysis) is 1. The van der Waals surface area contributed by atoms with Crippen LogP contribution in [0.15, 0.2) is 23.1 Å². The maximum atomic E-state index is 12.9. The molecule has 0 radical (unpaired) electrons. The molecule has 0 aromatic heterocycles. The van der Waals surface area contributed by atoms with E-state index in [2.05, 4.69) is 10.6 Å². The highest BCUT2D eigenvalue weighted by Crippen LogP contribution is 2.31. The Balaban J connectivity index is 2.09. The second-order valence-corrected chi connectivity index (χ2v) is 8.06. The molecule has 0 aliphatic carbocycles. The summed E-state index contributed by atoms with van der Waals surface area (Å²) in [4.78, 5) is 23.3. The van der Waals surface area contributed by atoms with Gasteiger partial charge in [0.25, 0.3) is 0 Å². The molecule has 0 spiro atoms. The second-order valence-electron chi connectivity index (χ2n) is 6.15. The number of amides is 2.